The quantitative estimate of drug-likeness (QED) is 0.826. The van der Waals surface area contributed by atoms with E-state index in [-0.39, 0.29) is 0 Å². The van der Waals surface area contributed by atoms with Gasteiger partial charge in [0.05, 0.1) is 10.4 Å². The Labute approximate surface area is 95.8 Å². The molecule has 2 N–H and O–H groups in total. The molecule has 2 aromatic rings. The van der Waals surface area contributed by atoms with E-state index in [0.29, 0.717) is 10.6 Å². The highest BCUT2D eigenvalue weighted by Gasteiger charge is 2.15. The van der Waals surface area contributed by atoms with Crippen LogP contribution in [0.1, 0.15) is 16.8 Å². The normalized spacial score (nSPS) is 10.2. The molecule has 0 aliphatic heterocycles. The second-order valence-corrected chi connectivity index (χ2v) is 5.11. The largest absolute Gasteiger partial charge is 0.389 e. The summed E-state index contributed by atoms with van der Waals surface area (Å²) in [6.45, 7) is 3.87. The van der Waals surface area contributed by atoms with Gasteiger partial charge in [0, 0.05) is 11.1 Å². The molecule has 15 heavy (non-hydrogen) atoms. The fourth-order valence-corrected chi connectivity index (χ4v) is 3.31. The summed E-state index contributed by atoms with van der Waals surface area (Å²) in [6, 6.07) is 2.12. The first kappa shape index (κ1) is 10.1. The molecule has 0 radical (unpaired) electrons. The van der Waals surface area contributed by atoms with E-state index in [9.17, 15) is 0 Å². The average Bonchev–Trinajstić information content (AvgIpc) is 2.71. The molecule has 0 fully saturated rings. The van der Waals surface area contributed by atoms with E-state index in [0.717, 1.165) is 21.1 Å². The number of nitrogens with zero attached hydrogens (tertiary/aromatic N) is 2. The number of anilines is 1. The minimum absolute atomic E-state index is 0.581. The third-order valence-electron chi connectivity index (χ3n) is 2.10. The maximum Gasteiger partial charge on any atom is 0.134 e. The van der Waals surface area contributed by atoms with Crippen LogP contribution < -0.4 is 5.73 Å². The molecule has 0 aromatic carbocycles. The van der Waals surface area contributed by atoms with Gasteiger partial charge in [-0.1, -0.05) is 0 Å². The molecule has 2 heterocycles. The van der Waals surface area contributed by atoms with Gasteiger partial charge in [-0.15, -0.1) is 22.7 Å². The number of nitriles is 1. The van der Waals surface area contributed by atoms with Crippen molar-refractivity contribution in [3.8, 4) is 16.0 Å². The van der Waals surface area contributed by atoms with E-state index in [1.54, 1.807) is 11.3 Å². The third-order valence-corrected chi connectivity index (χ3v) is 4.33. The fourth-order valence-electron chi connectivity index (χ4n) is 1.34. The van der Waals surface area contributed by atoms with Crippen molar-refractivity contribution in [2.75, 3.05) is 5.73 Å². The number of aromatic nitrogens is 1. The van der Waals surface area contributed by atoms with Gasteiger partial charge in [-0.3, -0.25) is 0 Å². The van der Waals surface area contributed by atoms with Crippen LogP contribution >= 0.6 is 22.7 Å². The van der Waals surface area contributed by atoms with Crippen LogP contribution in [0.3, 0.4) is 0 Å². The topological polar surface area (TPSA) is 62.7 Å². The summed E-state index contributed by atoms with van der Waals surface area (Å²) in [6.07, 6.45) is 0. The lowest BCUT2D eigenvalue weighted by Gasteiger charge is -1.92. The Bertz CT molecular complexity index is 546. The molecular weight excluding hydrogens is 226 g/mol. The number of rotatable bonds is 1. The van der Waals surface area contributed by atoms with Crippen molar-refractivity contribution < 1.29 is 0 Å². The summed E-state index contributed by atoms with van der Waals surface area (Å²) < 4.78 is 0. The van der Waals surface area contributed by atoms with Crippen molar-refractivity contribution in [3.63, 3.8) is 0 Å². The predicted molar refractivity (Wildman–Crippen MR) is 64.0 cm³/mol. The van der Waals surface area contributed by atoms with Gasteiger partial charge in [-0.05, 0) is 19.4 Å². The van der Waals surface area contributed by atoms with Crippen molar-refractivity contribution >= 4 is 27.7 Å². The average molecular weight is 235 g/mol. The first-order chi connectivity index (χ1) is 7.13. The monoisotopic (exact) mass is 235 g/mol. The predicted octanol–water partition coefficient (Wildman–Crippen LogP) is 2.94. The smallest absolute Gasteiger partial charge is 0.134 e. The van der Waals surface area contributed by atoms with E-state index >= 15 is 0 Å². The summed E-state index contributed by atoms with van der Waals surface area (Å²) >= 11 is 3.02. The first-order valence-corrected chi connectivity index (χ1v) is 6.04. The minimum Gasteiger partial charge on any atom is -0.389 e. The van der Waals surface area contributed by atoms with Crippen molar-refractivity contribution in [1.82, 2.24) is 4.98 Å². The van der Waals surface area contributed by atoms with E-state index in [1.165, 1.54) is 11.3 Å². The van der Waals surface area contributed by atoms with Gasteiger partial charge < -0.3 is 5.73 Å². The number of aryl methyl sites for hydroxylation is 1. The lowest BCUT2D eigenvalue weighted by molar-refractivity contribution is 1.27. The molecule has 2 aromatic heterocycles. The number of hydrogen-bond donors (Lipinski definition) is 1. The first-order valence-electron chi connectivity index (χ1n) is 4.35. The second kappa shape index (κ2) is 3.65. The standard InChI is InChI=1S/C10H9N3S2/c1-5-4-14-10(13-5)8-6(2)7(3-11)9(12)15-8/h4H,12H2,1-2H3. The van der Waals surface area contributed by atoms with Gasteiger partial charge in [0.1, 0.15) is 16.1 Å². The Morgan fingerprint density at radius 3 is 2.67 bits per heavy atom. The molecule has 76 valence electrons. The van der Waals surface area contributed by atoms with E-state index in [4.69, 9.17) is 11.0 Å². The van der Waals surface area contributed by atoms with E-state index in [1.807, 2.05) is 19.2 Å². The van der Waals surface area contributed by atoms with Crippen LogP contribution in [0, 0.1) is 25.2 Å². The Morgan fingerprint density at radius 1 is 1.47 bits per heavy atom. The number of thiophene rings is 1. The Kier molecular flexibility index (Phi) is 2.47. The summed E-state index contributed by atoms with van der Waals surface area (Å²) in [5.41, 5.74) is 8.29. The number of nitrogens with two attached hydrogens (primary N) is 1. The lowest BCUT2D eigenvalue weighted by Crippen LogP contribution is -1.84. The van der Waals surface area contributed by atoms with Crippen molar-refractivity contribution in [1.29, 1.82) is 5.26 Å². The van der Waals surface area contributed by atoms with Crippen molar-refractivity contribution in [2.45, 2.75) is 13.8 Å². The lowest BCUT2D eigenvalue weighted by atomic mass is 10.2. The zero-order chi connectivity index (χ0) is 11.0. The van der Waals surface area contributed by atoms with Gasteiger partial charge in [-0.2, -0.15) is 5.26 Å². The highest BCUT2D eigenvalue weighted by Crippen LogP contribution is 2.38. The number of hydrogen-bond acceptors (Lipinski definition) is 5. The number of thiazole rings is 1. The molecule has 0 spiro atoms. The maximum absolute atomic E-state index is 8.92. The zero-order valence-electron chi connectivity index (χ0n) is 8.37. The van der Waals surface area contributed by atoms with Crippen molar-refractivity contribution in [3.05, 3.63) is 22.2 Å². The van der Waals surface area contributed by atoms with E-state index < -0.39 is 0 Å². The third kappa shape index (κ3) is 1.62. The zero-order valence-corrected chi connectivity index (χ0v) is 10.00. The summed E-state index contributed by atoms with van der Waals surface area (Å²) in [5, 5.41) is 12.4. The molecule has 0 aliphatic rings. The van der Waals surface area contributed by atoms with Gasteiger partial charge in [0.25, 0.3) is 0 Å². The Hall–Kier alpha value is -1.38. The molecule has 0 amide bonds. The van der Waals surface area contributed by atoms with E-state index in [2.05, 4.69) is 11.1 Å². The Morgan fingerprint density at radius 2 is 2.20 bits per heavy atom. The highest BCUT2D eigenvalue weighted by molar-refractivity contribution is 7.23. The molecule has 5 heteroatoms. The van der Waals surface area contributed by atoms with Gasteiger partial charge >= 0.3 is 0 Å². The molecule has 0 saturated heterocycles. The maximum atomic E-state index is 8.92. The van der Waals surface area contributed by atoms with Crippen LogP contribution in [0.2, 0.25) is 0 Å². The molecule has 0 atom stereocenters. The second-order valence-electron chi connectivity index (χ2n) is 3.20. The molecule has 0 unspecified atom stereocenters. The van der Waals surface area contributed by atoms with Crippen LogP contribution in [0.5, 0.6) is 0 Å². The van der Waals surface area contributed by atoms with Gasteiger partial charge in [0.2, 0.25) is 0 Å². The van der Waals surface area contributed by atoms with Gasteiger partial charge in [0.15, 0.2) is 0 Å². The molecule has 0 saturated carbocycles. The molecule has 0 aliphatic carbocycles. The minimum atomic E-state index is 0.581. The van der Waals surface area contributed by atoms with Crippen LogP contribution in [-0.2, 0) is 0 Å². The van der Waals surface area contributed by atoms with Crippen LogP contribution in [0.4, 0.5) is 5.00 Å². The summed E-state index contributed by atoms with van der Waals surface area (Å²) in [4.78, 5) is 5.41. The molecular formula is C10H9N3S2. The molecule has 0 bridgehead atoms. The van der Waals surface area contributed by atoms with Crippen LogP contribution in [0.15, 0.2) is 5.38 Å². The van der Waals surface area contributed by atoms with Crippen LogP contribution in [-0.4, -0.2) is 4.98 Å². The molecule has 2 rings (SSSR count). The SMILES string of the molecule is Cc1csc(-c2sc(N)c(C#N)c2C)n1. The molecule has 3 nitrogen and oxygen atoms in total. The van der Waals surface area contributed by atoms with Gasteiger partial charge in [-0.25, -0.2) is 4.98 Å². The van der Waals surface area contributed by atoms with Crippen LogP contribution in [0.25, 0.3) is 9.88 Å². The summed E-state index contributed by atoms with van der Waals surface area (Å²) in [7, 11) is 0. The Balaban J connectivity index is 2.60. The fraction of sp³-hybridized carbons (Fsp3) is 0.200. The number of nitrogen functional groups attached to an aromatic ring is 1. The highest BCUT2D eigenvalue weighted by atomic mass is 32.1. The van der Waals surface area contributed by atoms with Crippen molar-refractivity contribution in [2.24, 2.45) is 0 Å². The summed E-state index contributed by atoms with van der Waals surface area (Å²) in [5.74, 6) is 0.